The van der Waals surface area contributed by atoms with Crippen LogP contribution in [0.1, 0.15) is 30.0 Å². The Morgan fingerprint density at radius 1 is 1.58 bits per heavy atom. The maximum Gasteiger partial charge on any atom is 0.0502 e. The van der Waals surface area contributed by atoms with Crippen LogP contribution in [0.3, 0.4) is 0 Å². The lowest BCUT2D eigenvalue weighted by Crippen LogP contribution is -2.42. The van der Waals surface area contributed by atoms with Crippen molar-refractivity contribution in [3.63, 3.8) is 0 Å². The van der Waals surface area contributed by atoms with Gasteiger partial charge < -0.3 is 10.5 Å². The van der Waals surface area contributed by atoms with Crippen LogP contribution in [0.4, 0.5) is 0 Å². The molecule has 0 radical (unpaired) electrons. The highest BCUT2D eigenvalue weighted by molar-refractivity contribution is 5.25. The SMILES string of the molecule is COCC1CCCN(C(CN)c2cnccc2C)C1. The van der Waals surface area contributed by atoms with Gasteiger partial charge in [0.1, 0.15) is 0 Å². The van der Waals surface area contributed by atoms with Gasteiger partial charge in [-0.25, -0.2) is 0 Å². The lowest BCUT2D eigenvalue weighted by molar-refractivity contribution is 0.0694. The van der Waals surface area contributed by atoms with Crippen LogP contribution in [0, 0.1) is 12.8 Å². The molecular weight excluding hydrogens is 238 g/mol. The van der Waals surface area contributed by atoms with Gasteiger partial charge in [0.15, 0.2) is 0 Å². The fourth-order valence-corrected chi connectivity index (χ4v) is 3.05. The summed E-state index contributed by atoms with van der Waals surface area (Å²) in [4.78, 5) is 6.75. The topological polar surface area (TPSA) is 51.4 Å². The summed E-state index contributed by atoms with van der Waals surface area (Å²) in [6, 6.07) is 2.35. The van der Waals surface area contributed by atoms with E-state index in [1.165, 1.54) is 24.0 Å². The lowest BCUT2D eigenvalue weighted by atomic mass is 9.94. The number of methoxy groups -OCH3 is 1. The Morgan fingerprint density at radius 2 is 2.42 bits per heavy atom. The number of pyridine rings is 1. The summed E-state index contributed by atoms with van der Waals surface area (Å²) in [6.45, 7) is 5.82. The lowest BCUT2D eigenvalue weighted by Gasteiger charge is -2.38. The van der Waals surface area contributed by atoms with E-state index in [0.717, 1.165) is 19.7 Å². The number of piperidine rings is 1. The van der Waals surface area contributed by atoms with Crippen LogP contribution in [0.2, 0.25) is 0 Å². The summed E-state index contributed by atoms with van der Waals surface area (Å²) in [5, 5.41) is 0. The van der Waals surface area contributed by atoms with Gasteiger partial charge in [0.2, 0.25) is 0 Å². The molecular formula is C15H25N3O. The second kappa shape index (κ2) is 6.98. The van der Waals surface area contributed by atoms with Crippen LogP contribution in [-0.4, -0.2) is 43.2 Å². The highest BCUT2D eigenvalue weighted by Gasteiger charge is 2.26. The molecule has 2 unspecified atom stereocenters. The van der Waals surface area contributed by atoms with Crippen LogP contribution in [0.25, 0.3) is 0 Å². The van der Waals surface area contributed by atoms with E-state index in [0.29, 0.717) is 12.5 Å². The van der Waals surface area contributed by atoms with Gasteiger partial charge in [-0.05, 0) is 49.4 Å². The maximum absolute atomic E-state index is 6.02. The highest BCUT2D eigenvalue weighted by Crippen LogP contribution is 2.27. The Morgan fingerprint density at radius 3 is 3.11 bits per heavy atom. The molecule has 0 amide bonds. The van der Waals surface area contributed by atoms with Gasteiger partial charge >= 0.3 is 0 Å². The van der Waals surface area contributed by atoms with E-state index in [-0.39, 0.29) is 6.04 Å². The Bertz CT molecular complexity index is 395. The first kappa shape index (κ1) is 14.4. The Hall–Kier alpha value is -0.970. The zero-order valence-corrected chi connectivity index (χ0v) is 12.0. The first-order valence-electron chi connectivity index (χ1n) is 7.09. The number of aromatic nitrogens is 1. The minimum Gasteiger partial charge on any atom is -0.384 e. The molecule has 19 heavy (non-hydrogen) atoms. The molecule has 2 heterocycles. The molecule has 1 saturated heterocycles. The molecule has 2 N–H and O–H groups in total. The van der Waals surface area contributed by atoms with Gasteiger partial charge in [0, 0.05) is 38.6 Å². The van der Waals surface area contributed by atoms with Crippen molar-refractivity contribution in [2.75, 3.05) is 33.4 Å². The number of aryl methyl sites for hydroxylation is 1. The number of rotatable bonds is 5. The van der Waals surface area contributed by atoms with Gasteiger partial charge in [-0.3, -0.25) is 9.88 Å². The van der Waals surface area contributed by atoms with E-state index >= 15 is 0 Å². The summed E-state index contributed by atoms with van der Waals surface area (Å²) < 4.78 is 5.30. The van der Waals surface area contributed by atoms with Crippen LogP contribution >= 0.6 is 0 Å². The van der Waals surface area contributed by atoms with Gasteiger partial charge in [0.25, 0.3) is 0 Å². The van der Waals surface area contributed by atoms with Gasteiger partial charge in [-0.1, -0.05) is 0 Å². The van der Waals surface area contributed by atoms with E-state index in [4.69, 9.17) is 10.5 Å². The molecule has 1 aromatic rings. The Balaban J connectivity index is 2.11. The van der Waals surface area contributed by atoms with E-state index in [1.54, 1.807) is 7.11 Å². The van der Waals surface area contributed by atoms with Gasteiger partial charge in [0.05, 0.1) is 6.61 Å². The molecule has 4 nitrogen and oxygen atoms in total. The molecule has 0 bridgehead atoms. The first-order valence-corrected chi connectivity index (χ1v) is 7.09. The minimum atomic E-state index is 0.286. The van der Waals surface area contributed by atoms with Crippen LogP contribution in [0.5, 0.6) is 0 Å². The smallest absolute Gasteiger partial charge is 0.0502 e. The number of nitrogens with two attached hydrogens (primary N) is 1. The summed E-state index contributed by atoms with van der Waals surface area (Å²) in [7, 11) is 1.78. The molecule has 1 aromatic heterocycles. The predicted octanol–water partition coefficient (Wildman–Crippen LogP) is 1.75. The monoisotopic (exact) mass is 263 g/mol. The van der Waals surface area contributed by atoms with Crippen molar-refractivity contribution >= 4 is 0 Å². The van der Waals surface area contributed by atoms with E-state index in [9.17, 15) is 0 Å². The third kappa shape index (κ3) is 3.53. The van der Waals surface area contributed by atoms with Crippen molar-refractivity contribution < 1.29 is 4.74 Å². The molecule has 2 rings (SSSR count). The third-order valence-corrected chi connectivity index (χ3v) is 4.06. The van der Waals surface area contributed by atoms with Crippen molar-refractivity contribution in [2.24, 2.45) is 11.7 Å². The highest BCUT2D eigenvalue weighted by atomic mass is 16.5. The van der Waals surface area contributed by atoms with Crippen molar-refractivity contribution in [1.82, 2.24) is 9.88 Å². The molecule has 0 aliphatic carbocycles. The molecule has 0 saturated carbocycles. The zero-order valence-electron chi connectivity index (χ0n) is 12.0. The second-order valence-corrected chi connectivity index (χ2v) is 5.44. The van der Waals surface area contributed by atoms with E-state index in [1.807, 2.05) is 12.4 Å². The number of hydrogen-bond acceptors (Lipinski definition) is 4. The summed E-state index contributed by atoms with van der Waals surface area (Å²) in [5.74, 6) is 0.629. The molecule has 1 aliphatic heterocycles. The molecule has 106 valence electrons. The average molecular weight is 263 g/mol. The number of nitrogens with zero attached hydrogens (tertiary/aromatic N) is 2. The minimum absolute atomic E-state index is 0.286. The van der Waals surface area contributed by atoms with Crippen molar-refractivity contribution in [3.05, 3.63) is 29.6 Å². The first-order chi connectivity index (χ1) is 9.26. The van der Waals surface area contributed by atoms with E-state index in [2.05, 4.69) is 22.9 Å². The molecule has 0 spiro atoms. The molecule has 1 fully saturated rings. The van der Waals surface area contributed by atoms with Gasteiger partial charge in [-0.2, -0.15) is 0 Å². The normalized spacial score (nSPS) is 22.4. The Kier molecular flexibility index (Phi) is 5.31. The molecule has 1 aliphatic rings. The number of hydrogen-bond donors (Lipinski definition) is 1. The van der Waals surface area contributed by atoms with Gasteiger partial charge in [-0.15, -0.1) is 0 Å². The molecule has 0 aromatic carbocycles. The fraction of sp³-hybridized carbons (Fsp3) is 0.667. The van der Waals surface area contributed by atoms with E-state index < -0.39 is 0 Å². The fourth-order valence-electron chi connectivity index (χ4n) is 3.05. The largest absolute Gasteiger partial charge is 0.384 e. The number of likely N-dealkylation sites (tertiary alicyclic amines) is 1. The predicted molar refractivity (Wildman–Crippen MR) is 76.9 cm³/mol. The summed E-state index contributed by atoms with van der Waals surface area (Å²) in [6.07, 6.45) is 6.29. The van der Waals surface area contributed by atoms with Crippen LogP contribution in [-0.2, 0) is 4.74 Å². The average Bonchev–Trinajstić information content (AvgIpc) is 2.43. The van der Waals surface area contributed by atoms with Crippen LogP contribution in [0.15, 0.2) is 18.5 Å². The zero-order chi connectivity index (χ0) is 13.7. The Labute approximate surface area is 116 Å². The van der Waals surface area contributed by atoms with Crippen LogP contribution < -0.4 is 5.73 Å². The summed E-state index contributed by atoms with van der Waals surface area (Å²) in [5.41, 5.74) is 8.57. The molecule has 4 heteroatoms. The standard InChI is InChI=1S/C15H25N3O/c1-12-5-6-17-9-14(12)15(8-16)18-7-3-4-13(10-18)11-19-2/h5-6,9,13,15H,3-4,7-8,10-11,16H2,1-2H3. The third-order valence-electron chi connectivity index (χ3n) is 4.06. The molecule has 2 atom stereocenters. The number of ether oxygens (including phenoxy) is 1. The summed E-state index contributed by atoms with van der Waals surface area (Å²) >= 11 is 0. The van der Waals surface area contributed by atoms with Crippen molar-refractivity contribution in [1.29, 1.82) is 0 Å². The maximum atomic E-state index is 6.02. The second-order valence-electron chi connectivity index (χ2n) is 5.44. The van der Waals surface area contributed by atoms with Crippen molar-refractivity contribution in [3.8, 4) is 0 Å². The van der Waals surface area contributed by atoms with Crippen molar-refractivity contribution in [2.45, 2.75) is 25.8 Å². The quantitative estimate of drug-likeness (QED) is 0.879.